The number of nitrogens with zero attached hydrogens (tertiary/aromatic N) is 3. The van der Waals surface area contributed by atoms with Crippen LogP contribution in [-0.2, 0) is 4.79 Å². The Morgan fingerprint density at radius 1 is 1.57 bits per heavy atom. The van der Waals surface area contributed by atoms with Crippen LogP contribution in [0.25, 0.3) is 0 Å². The number of rotatable bonds is 2. The number of carboxylic acids is 1. The average Bonchev–Trinajstić information content (AvgIpc) is 2.97. The molecule has 0 saturated heterocycles. The van der Waals surface area contributed by atoms with Crippen molar-refractivity contribution in [2.75, 3.05) is 0 Å². The highest BCUT2D eigenvalue weighted by Crippen LogP contribution is 2.47. The SMILES string of the molecule is N#Cc1nccnc1C1CC1C(=O)O. The fourth-order valence-corrected chi connectivity index (χ4v) is 1.48. The van der Waals surface area contributed by atoms with Gasteiger partial charge in [0.05, 0.1) is 11.6 Å². The molecule has 5 nitrogen and oxygen atoms in total. The van der Waals surface area contributed by atoms with Crippen molar-refractivity contribution >= 4 is 5.97 Å². The van der Waals surface area contributed by atoms with Gasteiger partial charge in [-0.05, 0) is 6.42 Å². The number of carbonyl (C=O) groups is 1. The van der Waals surface area contributed by atoms with Crippen LogP contribution < -0.4 is 0 Å². The minimum absolute atomic E-state index is 0.129. The molecule has 0 bridgehead atoms. The third-order valence-electron chi connectivity index (χ3n) is 2.29. The second-order valence-electron chi connectivity index (χ2n) is 3.19. The first-order chi connectivity index (χ1) is 6.74. The van der Waals surface area contributed by atoms with Gasteiger partial charge in [0.25, 0.3) is 0 Å². The standard InChI is InChI=1S/C9H7N3O2/c10-4-7-8(12-2-1-11-7)5-3-6(5)9(13)14/h1-2,5-6H,3H2,(H,13,14). The predicted molar refractivity (Wildman–Crippen MR) is 45.2 cm³/mol. The zero-order valence-corrected chi connectivity index (χ0v) is 7.21. The van der Waals surface area contributed by atoms with Crippen molar-refractivity contribution in [2.45, 2.75) is 12.3 Å². The second kappa shape index (κ2) is 3.07. The minimum Gasteiger partial charge on any atom is -0.481 e. The van der Waals surface area contributed by atoms with E-state index in [9.17, 15) is 4.79 Å². The maximum absolute atomic E-state index is 10.6. The molecule has 1 aliphatic rings. The molecule has 1 aromatic rings. The maximum atomic E-state index is 10.6. The summed E-state index contributed by atoms with van der Waals surface area (Å²) in [6, 6.07) is 1.91. The molecule has 14 heavy (non-hydrogen) atoms. The molecular weight excluding hydrogens is 182 g/mol. The Bertz CT molecular complexity index is 424. The smallest absolute Gasteiger partial charge is 0.307 e. The first-order valence-corrected chi connectivity index (χ1v) is 4.18. The molecule has 1 fully saturated rings. The van der Waals surface area contributed by atoms with Gasteiger partial charge >= 0.3 is 5.97 Å². The molecule has 0 aromatic carbocycles. The molecule has 1 aliphatic carbocycles. The summed E-state index contributed by atoms with van der Waals surface area (Å²) in [6.07, 6.45) is 3.47. The third-order valence-corrected chi connectivity index (χ3v) is 2.29. The van der Waals surface area contributed by atoms with Crippen molar-refractivity contribution in [3.8, 4) is 6.07 Å². The topological polar surface area (TPSA) is 86.9 Å². The van der Waals surface area contributed by atoms with Crippen molar-refractivity contribution in [2.24, 2.45) is 5.92 Å². The van der Waals surface area contributed by atoms with E-state index in [4.69, 9.17) is 10.4 Å². The molecule has 2 rings (SSSR count). The van der Waals surface area contributed by atoms with Gasteiger partial charge in [0.15, 0.2) is 5.69 Å². The van der Waals surface area contributed by atoms with Crippen LogP contribution in [0.5, 0.6) is 0 Å². The van der Waals surface area contributed by atoms with Crippen LogP contribution in [0, 0.1) is 17.2 Å². The first-order valence-electron chi connectivity index (χ1n) is 4.18. The lowest BCUT2D eigenvalue weighted by molar-refractivity contribution is -0.138. The van der Waals surface area contributed by atoms with Gasteiger partial charge in [0, 0.05) is 18.3 Å². The number of aromatic nitrogens is 2. The maximum Gasteiger partial charge on any atom is 0.307 e. The molecule has 0 aliphatic heterocycles. The lowest BCUT2D eigenvalue weighted by atomic mass is 10.2. The van der Waals surface area contributed by atoms with E-state index in [0.29, 0.717) is 12.1 Å². The summed E-state index contributed by atoms with van der Waals surface area (Å²) in [6.45, 7) is 0. The summed E-state index contributed by atoms with van der Waals surface area (Å²) in [5.74, 6) is -1.35. The average molecular weight is 189 g/mol. The monoisotopic (exact) mass is 189 g/mol. The van der Waals surface area contributed by atoms with Gasteiger partial charge in [0.1, 0.15) is 6.07 Å². The lowest BCUT2D eigenvalue weighted by Crippen LogP contribution is -2.02. The van der Waals surface area contributed by atoms with Crippen LogP contribution in [-0.4, -0.2) is 21.0 Å². The van der Waals surface area contributed by atoms with E-state index in [1.807, 2.05) is 6.07 Å². The van der Waals surface area contributed by atoms with E-state index in [1.165, 1.54) is 12.4 Å². The van der Waals surface area contributed by atoms with E-state index in [0.717, 1.165) is 0 Å². The summed E-state index contributed by atoms with van der Waals surface area (Å²) in [5.41, 5.74) is 0.753. The van der Waals surface area contributed by atoms with Crippen molar-refractivity contribution in [3.05, 3.63) is 23.8 Å². The molecule has 1 saturated carbocycles. The van der Waals surface area contributed by atoms with Crippen molar-refractivity contribution in [1.82, 2.24) is 9.97 Å². The summed E-state index contributed by atoms with van der Waals surface area (Å²) in [4.78, 5) is 18.4. The third kappa shape index (κ3) is 1.31. The van der Waals surface area contributed by atoms with Crippen molar-refractivity contribution in [1.29, 1.82) is 5.26 Å². The summed E-state index contributed by atoms with van der Waals surface area (Å²) in [5, 5.41) is 17.4. The van der Waals surface area contributed by atoms with Gasteiger partial charge in [-0.25, -0.2) is 4.98 Å². The highest BCUT2D eigenvalue weighted by molar-refractivity contribution is 5.75. The molecule has 0 spiro atoms. The molecule has 1 aromatic heterocycles. The number of hydrogen-bond donors (Lipinski definition) is 1. The Morgan fingerprint density at radius 3 is 2.86 bits per heavy atom. The molecule has 0 amide bonds. The fourth-order valence-electron chi connectivity index (χ4n) is 1.48. The second-order valence-corrected chi connectivity index (χ2v) is 3.19. The molecular formula is C9H7N3O2. The van der Waals surface area contributed by atoms with E-state index in [2.05, 4.69) is 9.97 Å². The van der Waals surface area contributed by atoms with Crippen LogP contribution in [0.15, 0.2) is 12.4 Å². The van der Waals surface area contributed by atoms with Gasteiger partial charge in [-0.1, -0.05) is 0 Å². The summed E-state index contributed by atoms with van der Waals surface area (Å²) in [7, 11) is 0. The van der Waals surface area contributed by atoms with Gasteiger partial charge in [0.2, 0.25) is 0 Å². The zero-order valence-electron chi connectivity index (χ0n) is 7.21. The van der Waals surface area contributed by atoms with E-state index in [-0.39, 0.29) is 11.6 Å². The van der Waals surface area contributed by atoms with Crippen LogP contribution >= 0.6 is 0 Å². The van der Waals surface area contributed by atoms with Crippen LogP contribution in [0.1, 0.15) is 23.7 Å². The Kier molecular flexibility index (Phi) is 1.89. The van der Waals surface area contributed by atoms with Gasteiger partial charge in [-0.3, -0.25) is 9.78 Å². The van der Waals surface area contributed by atoms with Crippen LogP contribution in [0.3, 0.4) is 0 Å². The molecule has 5 heteroatoms. The fraction of sp³-hybridized carbons (Fsp3) is 0.333. The summed E-state index contributed by atoms with van der Waals surface area (Å²) >= 11 is 0. The zero-order chi connectivity index (χ0) is 10.1. The molecule has 2 atom stereocenters. The van der Waals surface area contributed by atoms with Gasteiger partial charge in [-0.2, -0.15) is 5.26 Å². The number of hydrogen-bond acceptors (Lipinski definition) is 4. The Hall–Kier alpha value is -1.96. The van der Waals surface area contributed by atoms with Gasteiger partial charge < -0.3 is 5.11 Å². The Labute approximate surface area is 80.0 Å². The van der Waals surface area contributed by atoms with E-state index < -0.39 is 11.9 Å². The lowest BCUT2D eigenvalue weighted by Gasteiger charge is -1.97. The molecule has 2 unspecified atom stereocenters. The van der Waals surface area contributed by atoms with Crippen molar-refractivity contribution in [3.63, 3.8) is 0 Å². The number of nitriles is 1. The molecule has 1 heterocycles. The largest absolute Gasteiger partial charge is 0.481 e. The summed E-state index contributed by atoms with van der Waals surface area (Å²) < 4.78 is 0. The highest BCUT2D eigenvalue weighted by atomic mass is 16.4. The highest BCUT2D eigenvalue weighted by Gasteiger charge is 2.46. The molecule has 70 valence electrons. The quantitative estimate of drug-likeness (QED) is 0.733. The Balaban J connectivity index is 2.27. The van der Waals surface area contributed by atoms with Gasteiger partial charge in [-0.15, -0.1) is 0 Å². The van der Waals surface area contributed by atoms with E-state index >= 15 is 0 Å². The van der Waals surface area contributed by atoms with Crippen LogP contribution in [0.2, 0.25) is 0 Å². The molecule has 0 radical (unpaired) electrons. The first kappa shape index (κ1) is 8.63. The Morgan fingerprint density at radius 2 is 2.29 bits per heavy atom. The van der Waals surface area contributed by atoms with E-state index in [1.54, 1.807) is 0 Å². The minimum atomic E-state index is -0.829. The van der Waals surface area contributed by atoms with Crippen LogP contribution in [0.4, 0.5) is 0 Å². The normalized spacial score (nSPS) is 23.9. The molecule has 1 N–H and O–H groups in total. The number of carboxylic acid groups (broad SMARTS) is 1. The number of aliphatic carboxylic acids is 1. The predicted octanol–water partition coefficient (Wildman–Crippen LogP) is 0.536. The van der Waals surface area contributed by atoms with Crippen molar-refractivity contribution < 1.29 is 9.90 Å².